The number of ether oxygens (including phenoxy) is 1. The highest BCUT2D eigenvalue weighted by atomic mass is 32.1. The van der Waals surface area contributed by atoms with Crippen LogP contribution >= 0.6 is 11.3 Å². The predicted octanol–water partition coefficient (Wildman–Crippen LogP) is 4.81. The first kappa shape index (κ1) is 19.1. The molecule has 1 amide bonds. The third-order valence-electron chi connectivity index (χ3n) is 4.44. The summed E-state index contributed by atoms with van der Waals surface area (Å²) in [7, 11) is 0. The van der Waals surface area contributed by atoms with Gasteiger partial charge in [-0.25, -0.2) is 4.98 Å². The van der Waals surface area contributed by atoms with Crippen molar-refractivity contribution in [1.29, 1.82) is 0 Å². The van der Waals surface area contributed by atoms with Gasteiger partial charge in [0.1, 0.15) is 11.6 Å². The van der Waals surface area contributed by atoms with Gasteiger partial charge in [0.05, 0.1) is 28.9 Å². The maximum atomic E-state index is 12.4. The highest BCUT2D eigenvalue weighted by Gasteiger charge is 2.15. The molecule has 4 rings (SSSR count). The van der Waals surface area contributed by atoms with E-state index in [2.05, 4.69) is 36.4 Å². The van der Waals surface area contributed by atoms with Crippen molar-refractivity contribution in [2.24, 2.45) is 0 Å². The smallest absolute Gasteiger partial charge is 0.228 e. The number of nitrogens with zero attached hydrogens (tertiary/aromatic N) is 3. The fourth-order valence-corrected chi connectivity index (χ4v) is 4.27. The van der Waals surface area contributed by atoms with E-state index in [-0.39, 0.29) is 12.3 Å². The number of hydrogen-bond acceptors (Lipinski definition) is 5. The molecule has 1 N–H and O–H groups in total. The molecule has 4 aromatic rings. The van der Waals surface area contributed by atoms with E-state index in [1.807, 2.05) is 43.3 Å². The summed E-state index contributed by atoms with van der Waals surface area (Å²) in [6.45, 7) is 6.34. The molecule has 2 aromatic heterocycles. The Labute approximate surface area is 173 Å². The molecule has 0 spiro atoms. The molecule has 6 nitrogen and oxygen atoms in total. The molecule has 0 aliphatic rings. The number of amides is 1. The van der Waals surface area contributed by atoms with Gasteiger partial charge in [0.2, 0.25) is 11.0 Å². The summed E-state index contributed by atoms with van der Waals surface area (Å²) in [4.78, 5) is 17.2. The van der Waals surface area contributed by atoms with E-state index in [0.717, 1.165) is 32.4 Å². The molecule has 148 valence electrons. The molecule has 7 heteroatoms. The monoisotopic (exact) mass is 406 g/mol. The van der Waals surface area contributed by atoms with Gasteiger partial charge >= 0.3 is 0 Å². The summed E-state index contributed by atoms with van der Waals surface area (Å²) in [5.41, 5.74) is 4.12. The van der Waals surface area contributed by atoms with E-state index in [1.165, 1.54) is 5.56 Å². The van der Waals surface area contributed by atoms with Crippen LogP contribution in [0.25, 0.3) is 15.3 Å². The van der Waals surface area contributed by atoms with Crippen molar-refractivity contribution in [3.8, 4) is 10.9 Å². The van der Waals surface area contributed by atoms with Crippen LogP contribution in [0.3, 0.4) is 0 Å². The molecular formula is C22H22N4O2S. The van der Waals surface area contributed by atoms with Crippen molar-refractivity contribution < 1.29 is 9.53 Å². The normalized spacial score (nSPS) is 11.0. The topological polar surface area (TPSA) is 69.0 Å². The van der Waals surface area contributed by atoms with Crippen molar-refractivity contribution in [2.45, 2.75) is 27.2 Å². The minimum atomic E-state index is -0.129. The number of benzene rings is 2. The van der Waals surface area contributed by atoms with Crippen molar-refractivity contribution in [1.82, 2.24) is 14.8 Å². The van der Waals surface area contributed by atoms with Crippen LogP contribution in [-0.2, 0) is 4.79 Å². The van der Waals surface area contributed by atoms with Gasteiger partial charge in [0.25, 0.3) is 0 Å². The van der Waals surface area contributed by atoms with Gasteiger partial charge in [0, 0.05) is 6.07 Å². The van der Waals surface area contributed by atoms with Gasteiger partial charge in [-0.1, -0.05) is 35.6 Å². The van der Waals surface area contributed by atoms with Crippen molar-refractivity contribution in [3.05, 3.63) is 65.4 Å². The molecule has 0 bridgehead atoms. The molecule has 0 radical (unpaired) electrons. The Morgan fingerprint density at radius 2 is 1.93 bits per heavy atom. The lowest BCUT2D eigenvalue weighted by molar-refractivity contribution is -0.116. The summed E-state index contributed by atoms with van der Waals surface area (Å²) < 4.78 is 8.41. The van der Waals surface area contributed by atoms with E-state index < -0.39 is 0 Å². The first-order valence-corrected chi connectivity index (χ1v) is 10.2. The van der Waals surface area contributed by atoms with Gasteiger partial charge in [0.15, 0.2) is 0 Å². The minimum absolute atomic E-state index is 0.129. The fraction of sp³-hybridized carbons (Fsp3) is 0.227. The Morgan fingerprint density at radius 3 is 2.72 bits per heavy atom. The first-order valence-electron chi connectivity index (χ1n) is 9.42. The Balaban J connectivity index is 1.50. The van der Waals surface area contributed by atoms with E-state index in [9.17, 15) is 4.79 Å². The molecule has 29 heavy (non-hydrogen) atoms. The third-order valence-corrected chi connectivity index (χ3v) is 5.42. The van der Waals surface area contributed by atoms with Gasteiger partial charge in [-0.2, -0.15) is 9.78 Å². The highest BCUT2D eigenvalue weighted by molar-refractivity contribution is 7.20. The van der Waals surface area contributed by atoms with Crippen LogP contribution in [0.15, 0.2) is 48.5 Å². The molecule has 0 fully saturated rings. The molecular weight excluding hydrogens is 384 g/mol. The van der Waals surface area contributed by atoms with Crippen molar-refractivity contribution in [3.63, 3.8) is 0 Å². The van der Waals surface area contributed by atoms with Crippen LogP contribution in [0.2, 0.25) is 0 Å². The maximum Gasteiger partial charge on any atom is 0.228 e. The summed E-state index contributed by atoms with van der Waals surface area (Å²) in [6, 6.07) is 15.6. The number of anilines is 1. The second kappa shape index (κ2) is 8.05. The Bertz CT molecular complexity index is 1160. The van der Waals surface area contributed by atoms with Crippen molar-refractivity contribution >= 4 is 33.3 Å². The van der Waals surface area contributed by atoms with Gasteiger partial charge in [-0.3, -0.25) is 4.79 Å². The number of carbonyl (C=O) groups is 1. The number of carbonyl (C=O) groups excluding carboxylic acids is 1. The minimum Gasteiger partial charge on any atom is -0.493 e. The second-order valence-electron chi connectivity index (χ2n) is 6.97. The largest absolute Gasteiger partial charge is 0.493 e. The molecule has 0 saturated carbocycles. The van der Waals surface area contributed by atoms with Crippen LogP contribution in [0.5, 0.6) is 5.75 Å². The Morgan fingerprint density at radius 1 is 1.14 bits per heavy atom. The van der Waals surface area contributed by atoms with Crippen LogP contribution in [0.4, 0.5) is 5.82 Å². The van der Waals surface area contributed by atoms with Crippen LogP contribution in [0, 0.1) is 20.8 Å². The third kappa shape index (κ3) is 4.30. The molecule has 0 atom stereocenters. The average molecular weight is 407 g/mol. The predicted molar refractivity (Wildman–Crippen MR) is 116 cm³/mol. The van der Waals surface area contributed by atoms with Crippen LogP contribution in [0.1, 0.15) is 23.2 Å². The van der Waals surface area contributed by atoms with E-state index in [4.69, 9.17) is 9.72 Å². The lowest BCUT2D eigenvalue weighted by Crippen LogP contribution is -2.17. The van der Waals surface area contributed by atoms with E-state index >= 15 is 0 Å². The van der Waals surface area contributed by atoms with Gasteiger partial charge < -0.3 is 10.1 Å². The number of aromatic nitrogens is 3. The molecule has 0 saturated heterocycles. The number of aryl methyl sites for hydroxylation is 3. The molecule has 0 aliphatic heterocycles. The van der Waals surface area contributed by atoms with E-state index in [1.54, 1.807) is 16.0 Å². The zero-order valence-electron chi connectivity index (χ0n) is 16.6. The van der Waals surface area contributed by atoms with Crippen molar-refractivity contribution in [2.75, 3.05) is 11.9 Å². The number of para-hydroxylation sites is 1. The van der Waals surface area contributed by atoms with E-state index in [0.29, 0.717) is 12.4 Å². The Kier molecular flexibility index (Phi) is 5.31. The number of hydrogen-bond donors (Lipinski definition) is 1. The molecule has 0 unspecified atom stereocenters. The lowest BCUT2D eigenvalue weighted by Gasteiger charge is -2.08. The average Bonchev–Trinajstić information content (AvgIpc) is 3.26. The second-order valence-corrected chi connectivity index (χ2v) is 7.98. The quantitative estimate of drug-likeness (QED) is 0.499. The number of rotatable bonds is 6. The molecule has 2 heterocycles. The van der Waals surface area contributed by atoms with Crippen LogP contribution < -0.4 is 10.1 Å². The Hall–Kier alpha value is -3.19. The zero-order valence-corrected chi connectivity index (χ0v) is 17.4. The number of nitrogens with one attached hydrogen (secondary N) is 1. The highest BCUT2D eigenvalue weighted by Crippen LogP contribution is 2.30. The maximum absolute atomic E-state index is 12.4. The molecule has 2 aromatic carbocycles. The molecule has 0 aliphatic carbocycles. The summed E-state index contributed by atoms with van der Waals surface area (Å²) in [5, 5.41) is 8.20. The zero-order chi connectivity index (χ0) is 20.4. The summed E-state index contributed by atoms with van der Waals surface area (Å²) in [6.07, 6.45) is 0.247. The standard InChI is InChI=1S/C22H22N4O2S/c1-14-11-15(2)21-18(12-14)29-22(24-21)26-19(13-16(3)25-26)23-20(27)9-10-28-17-7-5-4-6-8-17/h4-8,11-13H,9-10H2,1-3H3,(H,23,27). The van der Waals surface area contributed by atoms with Crippen LogP contribution in [-0.4, -0.2) is 27.3 Å². The lowest BCUT2D eigenvalue weighted by atomic mass is 10.1. The number of fused-ring (bicyclic) bond motifs is 1. The fourth-order valence-electron chi connectivity index (χ4n) is 3.17. The van der Waals surface area contributed by atoms with Gasteiger partial charge in [-0.15, -0.1) is 0 Å². The summed E-state index contributed by atoms with van der Waals surface area (Å²) >= 11 is 1.56. The summed E-state index contributed by atoms with van der Waals surface area (Å²) in [5.74, 6) is 1.23. The van der Waals surface area contributed by atoms with Gasteiger partial charge in [-0.05, 0) is 50.1 Å². The first-order chi connectivity index (χ1) is 14.0. The number of thiazole rings is 1. The SMILES string of the molecule is Cc1cc(C)c2nc(-n3nc(C)cc3NC(=O)CCOc3ccccc3)sc2c1.